The fraction of sp³-hybridized carbons (Fsp3) is 0.0556. The first-order valence-electron chi connectivity index (χ1n) is 7.37. The van der Waals surface area contributed by atoms with Gasteiger partial charge in [0.2, 0.25) is 0 Å². The van der Waals surface area contributed by atoms with Gasteiger partial charge in [-0.1, -0.05) is 35.3 Å². The molecule has 0 spiro atoms. The summed E-state index contributed by atoms with van der Waals surface area (Å²) in [7, 11) is 0. The highest BCUT2D eigenvalue weighted by atomic mass is 35.5. The number of aryl methyl sites for hydroxylation is 1. The number of carbonyl (C=O) groups excluding carboxylic acids is 1. The van der Waals surface area contributed by atoms with Crippen molar-refractivity contribution in [2.45, 2.75) is 6.92 Å². The van der Waals surface area contributed by atoms with Crippen LogP contribution in [0.15, 0.2) is 53.3 Å². The maximum absolute atomic E-state index is 12.4. The Morgan fingerprint density at radius 3 is 2.64 bits per heavy atom. The van der Waals surface area contributed by atoms with Crippen LogP contribution in [0.3, 0.4) is 0 Å². The molecule has 0 saturated carbocycles. The minimum absolute atomic E-state index is 0.232. The van der Waals surface area contributed by atoms with Gasteiger partial charge in [0.05, 0.1) is 10.6 Å². The van der Waals surface area contributed by atoms with Crippen molar-refractivity contribution in [3.8, 4) is 11.4 Å². The molecule has 2 N–H and O–H groups in total. The smallest absolute Gasteiger partial charge is 0.257 e. The Kier molecular flexibility index (Phi) is 4.88. The number of hydrogen-bond acceptors (Lipinski definition) is 3. The van der Waals surface area contributed by atoms with Gasteiger partial charge in [0.1, 0.15) is 5.82 Å². The standard InChI is InChI=1S/C18H13Cl2N3O2/c1-10-7-16(24)23-17(21-10)11-3-2-4-13(8-11)22-18(25)14-6-5-12(19)9-15(14)20/h2-9H,1H3,(H,22,25)(H,21,23,24). The molecule has 1 amide bonds. The van der Waals surface area contributed by atoms with Crippen molar-refractivity contribution in [2.24, 2.45) is 0 Å². The zero-order valence-corrected chi connectivity index (χ0v) is 14.7. The van der Waals surface area contributed by atoms with Crippen molar-refractivity contribution in [1.82, 2.24) is 9.97 Å². The fourth-order valence-electron chi connectivity index (χ4n) is 2.33. The number of aromatic nitrogens is 2. The second-order valence-electron chi connectivity index (χ2n) is 5.39. The van der Waals surface area contributed by atoms with Crippen LogP contribution in [0.1, 0.15) is 16.1 Å². The van der Waals surface area contributed by atoms with Crippen molar-refractivity contribution in [1.29, 1.82) is 0 Å². The van der Waals surface area contributed by atoms with Crippen molar-refractivity contribution in [3.63, 3.8) is 0 Å². The first kappa shape index (κ1) is 17.2. The molecule has 1 aromatic heterocycles. The summed E-state index contributed by atoms with van der Waals surface area (Å²) in [6, 6.07) is 13.1. The maximum Gasteiger partial charge on any atom is 0.257 e. The molecule has 0 fully saturated rings. The van der Waals surface area contributed by atoms with E-state index in [2.05, 4.69) is 15.3 Å². The van der Waals surface area contributed by atoms with Crippen molar-refractivity contribution < 1.29 is 4.79 Å². The van der Waals surface area contributed by atoms with Crippen LogP contribution in [0.4, 0.5) is 5.69 Å². The SMILES string of the molecule is Cc1cc(=O)[nH]c(-c2cccc(NC(=O)c3ccc(Cl)cc3Cl)c2)n1. The highest BCUT2D eigenvalue weighted by Crippen LogP contribution is 2.23. The lowest BCUT2D eigenvalue weighted by Gasteiger charge is -2.09. The molecule has 5 nitrogen and oxygen atoms in total. The van der Waals surface area contributed by atoms with Gasteiger partial charge in [-0.2, -0.15) is 0 Å². The summed E-state index contributed by atoms with van der Waals surface area (Å²) in [6.07, 6.45) is 0. The van der Waals surface area contributed by atoms with E-state index < -0.39 is 0 Å². The molecular weight excluding hydrogens is 361 g/mol. The number of nitrogens with one attached hydrogen (secondary N) is 2. The summed E-state index contributed by atoms with van der Waals surface area (Å²) in [5.41, 5.74) is 1.93. The monoisotopic (exact) mass is 373 g/mol. The van der Waals surface area contributed by atoms with E-state index in [0.717, 1.165) is 0 Å². The molecule has 0 radical (unpaired) electrons. The summed E-state index contributed by atoms with van der Waals surface area (Å²) < 4.78 is 0. The predicted molar refractivity (Wildman–Crippen MR) is 99.4 cm³/mol. The summed E-state index contributed by atoms with van der Waals surface area (Å²) in [5, 5.41) is 3.50. The molecule has 0 aliphatic heterocycles. The first-order chi connectivity index (χ1) is 11.9. The van der Waals surface area contributed by atoms with E-state index in [9.17, 15) is 9.59 Å². The summed E-state index contributed by atoms with van der Waals surface area (Å²) in [5.74, 6) is 0.0788. The Morgan fingerprint density at radius 2 is 1.92 bits per heavy atom. The zero-order chi connectivity index (χ0) is 18.0. The van der Waals surface area contributed by atoms with Crippen molar-refractivity contribution in [3.05, 3.63) is 80.2 Å². The van der Waals surface area contributed by atoms with Gasteiger partial charge in [0.25, 0.3) is 11.5 Å². The second kappa shape index (κ2) is 7.09. The summed E-state index contributed by atoms with van der Waals surface area (Å²) >= 11 is 11.9. The largest absolute Gasteiger partial charge is 0.322 e. The number of aromatic amines is 1. The Morgan fingerprint density at radius 1 is 1.12 bits per heavy atom. The number of rotatable bonds is 3. The number of anilines is 1. The van der Waals surface area contributed by atoms with E-state index in [0.29, 0.717) is 33.4 Å². The van der Waals surface area contributed by atoms with Crippen LogP contribution < -0.4 is 10.9 Å². The van der Waals surface area contributed by atoms with Crippen LogP contribution in [0.2, 0.25) is 10.0 Å². The van der Waals surface area contributed by atoms with E-state index in [1.807, 2.05) is 0 Å². The third-order valence-electron chi connectivity index (χ3n) is 3.44. The number of nitrogens with zero attached hydrogens (tertiary/aromatic N) is 1. The molecule has 3 aromatic rings. The molecule has 25 heavy (non-hydrogen) atoms. The fourth-order valence-corrected chi connectivity index (χ4v) is 2.83. The van der Waals surface area contributed by atoms with Gasteiger partial charge in [-0.05, 0) is 37.3 Å². The Labute approximate surface area is 153 Å². The van der Waals surface area contributed by atoms with Crippen molar-refractivity contribution in [2.75, 3.05) is 5.32 Å². The van der Waals surface area contributed by atoms with E-state index in [4.69, 9.17) is 23.2 Å². The molecule has 3 rings (SSSR count). The molecule has 0 unspecified atom stereocenters. The van der Waals surface area contributed by atoms with Crippen LogP contribution in [0.25, 0.3) is 11.4 Å². The molecule has 2 aromatic carbocycles. The highest BCUT2D eigenvalue weighted by molar-refractivity contribution is 6.37. The van der Waals surface area contributed by atoms with Gasteiger partial charge < -0.3 is 10.3 Å². The second-order valence-corrected chi connectivity index (χ2v) is 6.24. The van der Waals surface area contributed by atoms with Gasteiger partial charge in [-0.25, -0.2) is 4.98 Å². The zero-order valence-electron chi connectivity index (χ0n) is 13.1. The highest BCUT2D eigenvalue weighted by Gasteiger charge is 2.12. The number of carbonyl (C=O) groups is 1. The van der Waals surface area contributed by atoms with E-state index in [1.54, 1.807) is 43.3 Å². The normalized spacial score (nSPS) is 10.5. The number of benzene rings is 2. The van der Waals surface area contributed by atoms with Crippen LogP contribution in [-0.2, 0) is 0 Å². The van der Waals surface area contributed by atoms with Crippen LogP contribution in [0.5, 0.6) is 0 Å². The van der Waals surface area contributed by atoms with Gasteiger partial charge in [0.15, 0.2) is 0 Å². The Hall–Kier alpha value is -2.63. The van der Waals surface area contributed by atoms with E-state index >= 15 is 0 Å². The van der Waals surface area contributed by atoms with Gasteiger partial charge >= 0.3 is 0 Å². The lowest BCUT2D eigenvalue weighted by Crippen LogP contribution is -2.13. The van der Waals surface area contributed by atoms with Gasteiger partial charge in [-0.15, -0.1) is 0 Å². The topological polar surface area (TPSA) is 74.8 Å². The maximum atomic E-state index is 12.4. The summed E-state index contributed by atoms with van der Waals surface area (Å²) in [6.45, 7) is 1.74. The molecule has 0 atom stereocenters. The molecule has 0 aliphatic carbocycles. The molecule has 0 aliphatic rings. The number of H-pyrrole nitrogens is 1. The lowest BCUT2D eigenvalue weighted by molar-refractivity contribution is 0.102. The molecule has 126 valence electrons. The Balaban J connectivity index is 1.89. The number of hydrogen-bond donors (Lipinski definition) is 2. The van der Waals surface area contributed by atoms with Gasteiger partial charge in [-0.3, -0.25) is 9.59 Å². The third kappa shape index (κ3) is 4.07. The molecule has 0 saturated heterocycles. The number of halogens is 2. The molecular formula is C18H13Cl2N3O2. The van der Waals surface area contributed by atoms with Crippen LogP contribution in [0, 0.1) is 6.92 Å². The Bertz CT molecular complexity index is 1020. The molecule has 1 heterocycles. The first-order valence-corrected chi connectivity index (χ1v) is 8.13. The number of amides is 1. The average Bonchev–Trinajstić information content (AvgIpc) is 2.54. The quantitative estimate of drug-likeness (QED) is 0.718. The minimum atomic E-state index is -0.357. The van der Waals surface area contributed by atoms with Crippen LogP contribution in [-0.4, -0.2) is 15.9 Å². The molecule has 0 bridgehead atoms. The summed E-state index contributed by atoms with van der Waals surface area (Å²) in [4.78, 5) is 31.0. The van der Waals surface area contributed by atoms with Gasteiger partial charge in [0, 0.05) is 28.0 Å². The molecule has 7 heteroatoms. The third-order valence-corrected chi connectivity index (χ3v) is 3.99. The predicted octanol–water partition coefficient (Wildman–Crippen LogP) is 4.30. The average molecular weight is 374 g/mol. The lowest BCUT2D eigenvalue weighted by atomic mass is 10.1. The van der Waals surface area contributed by atoms with Crippen LogP contribution >= 0.6 is 23.2 Å². The van der Waals surface area contributed by atoms with E-state index in [1.165, 1.54) is 12.1 Å². The van der Waals surface area contributed by atoms with E-state index in [-0.39, 0.29) is 16.5 Å². The van der Waals surface area contributed by atoms with Crippen molar-refractivity contribution >= 4 is 34.8 Å². The minimum Gasteiger partial charge on any atom is -0.322 e.